The number of sulfonamides is 1. The largest absolute Gasteiger partial charge is 0.459 e. The second-order valence-corrected chi connectivity index (χ2v) is 9.63. The van der Waals surface area contributed by atoms with Crippen molar-refractivity contribution in [1.82, 2.24) is 9.62 Å². The van der Waals surface area contributed by atoms with Crippen LogP contribution in [0.4, 0.5) is 0 Å². The van der Waals surface area contributed by atoms with Crippen LogP contribution in [0.15, 0.2) is 42.9 Å². The molecule has 2 aromatic rings. The van der Waals surface area contributed by atoms with Crippen molar-refractivity contribution in [2.45, 2.75) is 23.1 Å². The van der Waals surface area contributed by atoms with Gasteiger partial charge in [-0.15, -0.1) is 11.3 Å². The second-order valence-electron chi connectivity index (χ2n) is 5.22. The first-order valence-electron chi connectivity index (χ1n) is 7.06. The van der Waals surface area contributed by atoms with Gasteiger partial charge in [0, 0.05) is 19.1 Å². The van der Waals surface area contributed by atoms with Gasteiger partial charge >= 0.3 is 0 Å². The molecule has 0 spiro atoms. The standard InChI is InChI=1S/C14H15BrN2O4S2/c15-12-3-4-13(22-12)23(19,20)16-10-5-7-17(8-6-10)14(18)11-2-1-9-21-11/h1-4,9-10,16H,5-8H2. The van der Waals surface area contributed by atoms with Crippen LogP contribution in [0.25, 0.3) is 0 Å². The number of hydrogen-bond acceptors (Lipinski definition) is 5. The summed E-state index contributed by atoms with van der Waals surface area (Å²) in [5, 5.41) is 0. The SMILES string of the molecule is O=C(c1ccco1)N1CCC(NS(=O)(=O)c2ccc(Br)s2)CC1. The summed E-state index contributed by atoms with van der Waals surface area (Å²) in [5.74, 6) is 0.158. The smallest absolute Gasteiger partial charge is 0.289 e. The summed E-state index contributed by atoms with van der Waals surface area (Å²) in [7, 11) is -3.50. The fourth-order valence-electron chi connectivity index (χ4n) is 2.48. The van der Waals surface area contributed by atoms with Crippen LogP contribution in [0.2, 0.25) is 0 Å². The second kappa shape index (κ2) is 6.76. The summed E-state index contributed by atoms with van der Waals surface area (Å²) < 4.78 is 33.5. The van der Waals surface area contributed by atoms with Gasteiger partial charge in [0.1, 0.15) is 4.21 Å². The number of halogens is 1. The lowest BCUT2D eigenvalue weighted by molar-refractivity contribution is 0.0679. The lowest BCUT2D eigenvalue weighted by Crippen LogP contribution is -2.46. The van der Waals surface area contributed by atoms with Gasteiger partial charge in [-0.25, -0.2) is 13.1 Å². The molecule has 0 atom stereocenters. The highest BCUT2D eigenvalue weighted by Gasteiger charge is 2.28. The molecule has 1 amide bonds. The van der Waals surface area contributed by atoms with Crippen molar-refractivity contribution in [3.63, 3.8) is 0 Å². The minimum atomic E-state index is -3.50. The number of carbonyl (C=O) groups is 1. The van der Waals surface area contributed by atoms with Gasteiger partial charge in [0.05, 0.1) is 10.0 Å². The van der Waals surface area contributed by atoms with Gasteiger partial charge < -0.3 is 9.32 Å². The highest BCUT2D eigenvalue weighted by atomic mass is 79.9. The van der Waals surface area contributed by atoms with E-state index in [9.17, 15) is 13.2 Å². The molecule has 124 valence electrons. The van der Waals surface area contributed by atoms with Crippen LogP contribution in [0.1, 0.15) is 23.4 Å². The zero-order chi connectivity index (χ0) is 16.4. The molecule has 1 aliphatic heterocycles. The lowest BCUT2D eigenvalue weighted by atomic mass is 10.1. The summed E-state index contributed by atoms with van der Waals surface area (Å²) >= 11 is 4.44. The van der Waals surface area contributed by atoms with E-state index in [1.807, 2.05) is 0 Å². The van der Waals surface area contributed by atoms with Crippen molar-refractivity contribution in [1.29, 1.82) is 0 Å². The van der Waals surface area contributed by atoms with Gasteiger partial charge in [-0.1, -0.05) is 0 Å². The Balaban J connectivity index is 1.58. The molecule has 0 saturated carbocycles. The topological polar surface area (TPSA) is 79.6 Å². The first kappa shape index (κ1) is 16.7. The maximum Gasteiger partial charge on any atom is 0.289 e. The fraction of sp³-hybridized carbons (Fsp3) is 0.357. The number of carbonyl (C=O) groups excluding carboxylic acids is 1. The number of nitrogens with one attached hydrogen (secondary N) is 1. The molecule has 0 unspecified atom stereocenters. The number of rotatable bonds is 4. The Hall–Kier alpha value is -1.16. The quantitative estimate of drug-likeness (QED) is 0.827. The zero-order valence-electron chi connectivity index (χ0n) is 12.1. The Morgan fingerprint density at radius 3 is 2.61 bits per heavy atom. The van der Waals surface area contributed by atoms with Gasteiger partial charge in [0.2, 0.25) is 10.0 Å². The highest BCUT2D eigenvalue weighted by Crippen LogP contribution is 2.26. The molecule has 1 aliphatic rings. The summed E-state index contributed by atoms with van der Waals surface area (Å²) in [6, 6.07) is 6.43. The molecule has 2 aromatic heterocycles. The van der Waals surface area contributed by atoms with E-state index >= 15 is 0 Å². The van der Waals surface area contributed by atoms with Crippen molar-refractivity contribution in [3.05, 3.63) is 40.1 Å². The van der Waals surface area contributed by atoms with E-state index in [1.54, 1.807) is 29.2 Å². The highest BCUT2D eigenvalue weighted by molar-refractivity contribution is 9.11. The summed E-state index contributed by atoms with van der Waals surface area (Å²) in [5.41, 5.74) is 0. The van der Waals surface area contributed by atoms with E-state index in [2.05, 4.69) is 20.7 Å². The van der Waals surface area contributed by atoms with E-state index in [0.29, 0.717) is 35.9 Å². The first-order chi connectivity index (χ1) is 11.0. The summed E-state index contributed by atoms with van der Waals surface area (Å²) in [6.07, 6.45) is 2.63. The number of furan rings is 1. The predicted octanol–water partition coefficient (Wildman–Crippen LogP) is 2.69. The molecular weight excluding hydrogens is 404 g/mol. The number of nitrogens with zero attached hydrogens (tertiary/aromatic N) is 1. The normalized spacial score (nSPS) is 16.7. The molecule has 1 fully saturated rings. The van der Waals surface area contributed by atoms with Crippen molar-refractivity contribution >= 4 is 43.2 Å². The molecule has 1 N–H and O–H groups in total. The van der Waals surface area contributed by atoms with Gasteiger partial charge in [-0.2, -0.15) is 0 Å². The Morgan fingerprint density at radius 2 is 2.04 bits per heavy atom. The monoisotopic (exact) mass is 418 g/mol. The van der Waals surface area contributed by atoms with Gasteiger partial charge in [-0.05, 0) is 53.0 Å². The average Bonchev–Trinajstić information content (AvgIpc) is 3.18. The lowest BCUT2D eigenvalue weighted by Gasteiger charge is -2.31. The van der Waals surface area contributed by atoms with Crippen molar-refractivity contribution in [3.8, 4) is 0 Å². The average molecular weight is 419 g/mol. The van der Waals surface area contributed by atoms with Crippen molar-refractivity contribution in [2.24, 2.45) is 0 Å². The van der Waals surface area contributed by atoms with E-state index in [1.165, 1.54) is 17.6 Å². The van der Waals surface area contributed by atoms with Gasteiger partial charge in [-0.3, -0.25) is 4.79 Å². The third-order valence-corrected chi connectivity index (χ3v) is 7.29. The summed E-state index contributed by atoms with van der Waals surface area (Å²) in [6.45, 7) is 1.00. The molecule has 23 heavy (non-hydrogen) atoms. The zero-order valence-corrected chi connectivity index (χ0v) is 15.3. The fourth-order valence-corrected chi connectivity index (χ4v) is 5.81. The Bertz CT molecular complexity index is 778. The van der Waals surface area contributed by atoms with Crippen LogP contribution < -0.4 is 4.72 Å². The molecular formula is C14H15BrN2O4S2. The van der Waals surface area contributed by atoms with E-state index in [4.69, 9.17) is 4.42 Å². The van der Waals surface area contributed by atoms with Crippen LogP contribution >= 0.6 is 27.3 Å². The number of hydrogen-bond donors (Lipinski definition) is 1. The van der Waals surface area contributed by atoms with Crippen LogP contribution in [0.5, 0.6) is 0 Å². The maximum atomic E-state index is 12.3. The van der Waals surface area contributed by atoms with Crippen LogP contribution in [-0.2, 0) is 10.0 Å². The molecule has 1 saturated heterocycles. The van der Waals surface area contributed by atoms with E-state index in [0.717, 1.165) is 3.79 Å². The van der Waals surface area contributed by atoms with Crippen molar-refractivity contribution < 1.29 is 17.6 Å². The minimum Gasteiger partial charge on any atom is -0.459 e. The Labute approximate surface area is 146 Å². The molecule has 0 aromatic carbocycles. The molecule has 0 aliphatic carbocycles. The minimum absolute atomic E-state index is 0.154. The van der Waals surface area contributed by atoms with Crippen LogP contribution in [0, 0.1) is 0 Å². The predicted molar refractivity (Wildman–Crippen MR) is 90.0 cm³/mol. The molecule has 6 nitrogen and oxygen atoms in total. The van der Waals surface area contributed by atoms with Crippen molar-refractivity contribution in [2.75, 3.05) is 13.1 Å². The maximum absolute atomic E-state index is 12.3. The molecule has 0 bridgehead atoms. The Morgan fingerprint density at radius 1 is 1.30 bits per heavy atom. The molecule has 0 radical (unpaired) electrons. The van der Waals surface area contributed by atoms with Crippen LogP contribution in [0.3, 0.4) is 0 Å². The molecule has 3 rings (SSSR count). The van der Waals surface area contributed by atoms with E-state index in [-0.39, 0.29) is 11.9 Å². The van der Waals surface area contributed by atoms with Gasteiger partial charge in [0.25, 0.3) is 5.91 Å². The third kappa shape index (κ3) is 3.85. The third-order valence-electron chi connectivity index (χ3n) is 3.65. The number of thiophene rings is 1. The number of piperidine rings is 1. The number of likely N-dealkylation sites (tertiary alicyclic amines) is 1. The molecule has 9 heteroatoms. The van der Waals surface area contributed by atoms with Gasteiger partial charge in [0.15, 0.2) is 5.76 Å². The van der Waals surface area contributed by atoms with E-state index < -0.39 is 10.0 Å². The van der Waals surface area contributed by atoms with Crippen LogP contribution in [-0.4, -0.2) is 38.4 Å². The first-order valence-corrected chi connectivity index (χ1v) is 10.2. The molecule has 3 heterocycles. The summed E-state index contributed by atoms with van der Waals surface area (Å²) in [4.78, 5) is 13.9. The number of amides is 1. The Kier molecular flexibility index (Phi) is 4.90.